The van der Waals surface area contributed by atoms with Crippen LogP contribution in [0.25, 0.3) is 0 Å². The molecule has 1 aromatic heterocycles. The molecule has 0 spiro atoms. The van der Waals surface area contributed by atoms with Gasteiger partial charge in [0.2, 0.25) is 5.91 Å². The van der Waals surface area contributed by atoms with Crippen LogP contribution in [0.15, 0.2) is 5.38 Å². The lowest BCUT2D eigenvalue weighted by molar-refractivity contribution is -0.149. The highest BCUT2D eigenvalue weighted by molar-refractivity contribution is 8.00. The second-order valence-electron chi connectivity index (χ2n) is 5.25. The fourth-order valence-corrected chi connectivity index (χ4v) is 4.78. The maximum Gasteiger partial charge on any atom is 0.327 e. The highest BCUT2D eigenvalue weighted by atomic mass is 32.2. The number of hydrogen-bond acceptors (Lipinski definition) is 5. The van der Waals surface area contributed by atoms with Gasteiger partial charge in [0.1, 0.15) is 6.04 Å². The molecule has 0 bridgehead atoms. The monoisotopic (exact) mass is 312 g/mol. The number of aryl methyl sites for hydroxylation is 1. The van der Waals surface area contributed by atoms with Crippen LogP contribution in [0.3, 0.4) is 0 Å². The Kier molecular flexibility index (Phi) is 3.72. The van der Waals surface area contributed by atoms with Crippen LogP contribution in [0.1, 0.15) is 23.5 Å². The van der Waals surface area contributed by atoms with Crippen molar-refractivity contribution in [1.82, 2.24) is 9.88 Å². The third-order valence-corrected chi connectivity index (χ3v) is 5.92. The van der Waals surface area contributed by atoms with Gasteiger partial charge < -0.3 is 10.0 Å². The van der Waals surface area contributed by atoms with Crippen molar-refractivity contribution in [1.29, 1.82) is 0 Å². The molecule has 20 heavy (non-hydrogen) atoms. The van der Waals surface area contributed by atoms with E-state index in [9.17, 15) is 14.7 Å². The van der Waals surface area contributed by atoms with Crippen LogP contribution >= 0.6 is 23.1 Å². The fourth-order valence-electron chi connectivity index (χ4n) is 2.51. The molecule has 0 aromatic carbocycles. The fraction of sp³-hybridized carbons (Fsp3) is 0.615. The van der Waals surface area contributed by atoms with E-state index in [0.717, 1.165) is 23.5 Å². The third kappa shape index (κ3) is 2.69. The molecule has 0 radical (unpaired) electrons. The molecule has 2 unspecified atom stereocenters. The van der Waals surface area contributed by atoms with Gasteiger partial charge >= 0.3 is 5.97 Å². The van der Waals surface area contributed by atoms with E-state index in [2.05, 4.69) is 4.98 Å². The molecule has 2 fully saturated rings. The standard InChI is InChI=1S/C13H16N2O3S2/c1-7-14-9(5-19-7)4-11(16)15-10(13(17)18)6-20-12(15)8-2-3-8/h5,8,10,12H,2-4,6H2,1H3,(H,17,18). The van der Waals surface area contributed by atoms with Crippen LogP contribution in [0.5, 0.6) is 0 Å². The van der Waals surface area contributed by atoms with E-state index in [0.29, 0.717) is 11.7 Å². The zero-order valence-electron chi connectivity index (χ0n) is 11.1. The van der Waals surface area contributed by atoms with Crippen molar-refractivity contribution in [3.63, 3.8) is 0 Å². The van der Waals surface area contributed by atoms with Crippen molar-refractivity contribution < 1.29 is 14.7 Å². The van der Waals surface area contributed by atoms with Crippen LogP contribution in [0, 0.1) is 12.8 Å². The van der Waals surface area contributed by atoms with Gasteiger partial charge in [-0.1, -0.05) is 0 Å². The highest BCUT2D eigenvalue weighted by Crippen LogP contribution is 2.45. The van der Waals surface area contributed by atoms with Gasteiger partial charge in [-0.15, -0.1) is 23.1 Å². The van der Waals surface area contributed by atoms with Gasteiger partial charge in [-0.2, -0.15) is 0 Å². The zero-order valence-corrected chi connectivity index (χ0v) is 12.7. The first-order chi connectivity index (χ1) is 9.56. The van der Waals surface area contributed by atoms with Crippen LogP contribution in [-0.4, -0.2) is 44.0 Å². The van der Waals surface area contributed by atoms with E-state index in [1.54, 1.807) is 16.7 Å². The van der Waals surface area contributed by atoms with E-state index in [4.69, 9.17) is 0 Å². The minimum atomic E-state index is -0.900. The summed E-state index contributed by atoms with van der Waals surface area (Å²) in [6.45, 7) is 1.90. The number of thiazole rings is 1. The van der Waals surface area contributed by atoms with E-state index < -0.39 is 12.0 Å². The van der Waals surface area contributed by atoms with Gasteiger partial charge in [0.05, 0.1) is 22.5 Å². The van der Waals surface area contributed by atoms with Crippen LogP contribution in [-0.2, 0) is 16.0 Å². The van der Waals surface area contributed by atoms with Gasteiger partial charge in [-0.3, -0.25) is 4.79 Å². The van der Waals surface area contributed by atoms with Gasteiger partial charge in [-0.25, -0.2) is 9.78 Å². The van der Waals surface area contributed by atoms with Crippen molar-refractivity contribution in [2.75, 3.05) is 5.75 Å². The molecule has 2 heterocycles. The molecular weight excluding hydrogens is 296 g/mol. The van der Waals surface area contributed by atoms with Crippen molar-refractivity contribution in [3.05, 3.63) is 16.1 Å². The Labute approximate surface area is 125 Å². The molecule has 2 aliphatic rings. The van der Waals surface area contributed by atoms with Crippen LogP contribution in [0.2, 0.25) is 0 Å². The second-order valence-corrected chi connectivity index (χ2v) is 7.46. The first-order valence-electron chi connectivity index (χ1n) is 6.63. The number of aliphatic carboxylic acids is 1. The summed E-state index contributed by atoms with van der Waals surface area (Å²) in [5, 5.41) is 12.1. The molecule has 1 aliphatic heterocycles. The number of thioether (sulfide) groups is 1. The molecule has 1 saturated carbocycles. The molecule has 1 N–H and O–H groups in total. The molecule has 2 atom stereocenters. The molecule has 5 nitrogen and oxygen atoms in total. The Bertz CT molecular complexity index is 541. The Hall–Kier alpha value is -1.08. The Balaban J connectivity index is 1.76. The molecule has 3 rings (SSSR count). The average Bonchev–Trinajstić information content (AvgIpc) is 3.00. The van der Waals surface area contributed by atoms with Crippen molar-refractivity contribution in [2.24, 2.45) is 5.92 Å². The Morgan fingerprint density at radius 2 is 2.25 bits per heavy atom. The number of hydrogen-bond donors (Lipinski definition) is 1. The first kappa shape index (κ1) is 13.9. The molecule has 1 amide bonds. The largest absolute Gasteiger partial charge is 0.480 e. The number of aromatic nitrogens is 1. The van der Waals surface area contributed by atoms with E-state index in [-0.39, 0.29) is 17.7 Å². The molecule has 1 saturated heterocycles. The average molecular weight is 312 g/mol. The smallest absolute Gasteiger partial charge is 0.327 e. The molecule has 1 aliphatic carbocycles. The number of carbonyl (C=O) groups excluding carboxylic acids is 1. The van der Waals surface area contributed by atoms with Gasteiger partial charge in [0, 0.05) is 11.1 Å². The number of amides is 1. The van der Waals surface area contributed by atoms with E-state index in [1.165, 1.54) is 11.3 Å². The normalized spacial score (nSPS) is 25.9. The number of carbonyl (C=O) groups is 2. The van der Waals surface area contributed by atoms with Crippen LogP contribution < -0.4 is 0 Å². The molecule has 108 valence electrons. The molecule has 1 aromatic rings. The minimum absolute atomic E-state index is 0.0448. The number of nitrogens with zero attached hydrogens (tertiary/aromatic N) is 2. The predicted octanol–water partition coefficient (Wildman–Crippen LogP) is 1.76. The number of rotatable bonds is 4. The number of carboxylic acids is 1. The maximum absolute atomic E-state index is 12.5. The van der Waals surface area contributed by atoms with Gasteiger partial charge in [0.25, 0.3) is 0 Å². The van der Waals surface area contributed by atoms with E-state index >= 15 is 0 Å². The van der Waals surface area contributed by atoms with Gasteiger partial charge in [0.15, 0.2) is 0 Å². The maximum atomic E-state index is 12.5. The zero-order chi connectivity index (χ0) is 14.3. The Morgan fingerprint density at radius 1 is 1.50 bits per heavy atom. The summed E-state index contributed by atoms with van der Waals surface area (Å²) >= 11 is 3.12. The topological polar surface area (TPSA) is 70.5 Å². The lowest BCUT2D eigenvalue weighted by Gasteiger charge is -2.27. The SMILES string of the molecule is Cc1nc(CC(=O)N2C(C(=O)O)CSC2C2CC2)cs1. The first-order valence-corrected chi connectivity index (χ1v) is 8.55. The summed E-state index contributed by atoms with van der Waals surface area (Å²) in [6, 6.07) is -0.683. The summed E-state index contributed by atoms with van der Waals surface area (Å²) in [6.07, 6.45) is 2.41. The second kappa shape index (κ2) is 5.37. The summed E-state index contributed by atoms with van der Waals surface area (Å²) in [5.74, 6) is -0.0308. The lowest BCUT2D eigenvalue weighted by atomic mass is 10.2. The summed E-state index contributed by atoms with van der Waals surface area (Å²) < 4.78 is 0. The third-order valence-electron chi connectivity index (χ3n) is 3.63. The predicted molar refractivity (Wildman–Crippen MR) is 77.8 cm³/mol. The summed E-state index contributed by atoms with van der Waals surface area (Å²) in [4.78, 5) is 29.7. The van der Waals surface area contributed by atoms with Gasteiger partial charge in [-0.05, 0) is 25.7 Å². The minimum Gasteiger partial charge on any atom is -0.480 e. The van der Waals surface area contributed by atoms with E-state index in [1.807, 2.05) is 12.3 Å². The van der Waals surface area contributed by atoms with Crippen molar-refractivity contribution in [3.8, 4) is 0 Å². The van der Waals surface area contributed by atoms with Crippen LogP contribution in [0.4, 0.5) is 0 Å². The summed E-state index contributed by atoms with van der Waals surface area (Å²) in [5.41, 5.74) is 0.744. The van der Waals surface area contributed by atoms with Crippen molar-refractivity contribution in [2.45, 2.75) is 37.6 Å². The quantitative estimate of drug-likeness (QED) is 0.917. The van der Waals surface area contributed by atoms with Crippen molar-refractivity contribution >= 4 is 35.0 Å². The number of carboxylic acid groups (broad SMARTS) is 1. The lowest BCUT2D eigenvalue weighted by Crippen LogP contribution is -2.47. The Morgan fingerprint density at radius 3 is 2.80 bits per heavy atom. The molecule has 7 heteroatoms. The highest BCUT2D eigenvalue weighted by Gasteiger charge is 2.47. The summed E-state index contributed by atoms with van der Waals surface area (Å²) in [7, 11) is 0. The molecular formula is C13H16N2O3S2.